The summed E-state index contributed by atoms with van der Waals surface area (Å²) < 4.78 is 0. The number of nitrogens with two attached hydrogens (primary N) is 1. The number of pyridine rings is 1. The van der Waals surface area contributed by atoms with Crippen LogP contribution in [0.4, 0.5) is 0 Å². The second-order valence-electron chi connectivity index (χ2n) is 7.99. The first-order valence-corrected chi connectivity index (χ1v) is 8.57. The van der Waals surface area contributed by atoms with Crippen LogP contribution in [-0.2, 0) is 6.42 Å². The molecule has 4 N–H and O–H groups in total. The minimum atomic E-state index is -0.443. The lowest BCUT2D eigenvalue weighted by Gasteiger charge is -2.30. The van der Waals surface area contributed by atoms with Crippen LogP contribution in [0.15, 0.2) is 10.9 Å². The third-order valence-corrected chi connectivity index (χ3v) is 5.29. The van der Waals surface area contributed by atoms with Crippen molar-refractivity contribution in [1.29, 1.82) is 0 Å². The Labute approximate surface area is 153 Å². The van der Waals surface area contributed by atoms with E-state index in [9.17, 15) is 14.4 Å². The van der Waals surface area contributed by atoms with Gasteiger partial charge in [0.2, 0.25) is 0 Å². The Balaban J connectivity index is 0.00000225. The highest BCUT2D eigenvalue weighted by Crippen LogP contribution is 2.33. The molecular formula is C18H26ClN3O3. The summed E-state index contributed by atoms with van der Waals surface area (Å²) >= 11 is 0. The van der Waals surface area contributed by atoms with Crippen molar-refractivity contribution in [2.24, 2.45) is 11.1 Å². The number of Topliss-reactive ketones (excluding diaryl/α,β-unsaturated/α-hetero) is 1. The molecule has 0 unspecified atom stereocenters. The fourth-order valence-electron chi connectivity index (χ4n) is 3.94. The van der Waals surface area contributed by atoms with E-state index in [1.54, 1.807) is 0 Å². The molecule has 0 aliphatic heterocycles. The van der Waals surface area contributed by atoms with Crippen LogP contribution in [0.5, 0.6) is 0 Å². The van der Waals surface area contributed by atoms with E-state index in [0.717, 1.165) is 25.7 Å². The summed E-state index contributed by atoms with van der Waals surface area (Å²) in [6.45, 7) is 4.35. The highest BCUT2D eigenvalue weighted by Gasteiger charge is 2.36. The molecule has 0 radical (unpaired) electrons. The standard InChI is InChI=1S/C18H25N3O3.ClH/c1-17(2)8-13-11(14(22)9-17)7-12(15(23)20-13)16(24)21-18(10-19)5-3-4-6-18;/h7H,3-6,8-10,19H2,1-2H3,(H,20,23)(H,21,24);1H. The normalized spacial score (nSPS) is 20.5. The van der Waals surface area contributed by atoms with Crippen molar-refractivity contribution in [1.82, 2.24) is 10.3 Å². The maximum absolute atomic E-state index is 12.6. The van der Waals surface area contributed by atoms with Gasteiger partial charge in [0, 0.05) is 24.2 Å². The van der Waals surface area contributed by atoms with Gasteiger partial charge in [0.25, 0.3) is 11.5 Å². The molecule has 1 aromatic rings. The van der Waals surface area contributed by atoms with Gasteiger partial charge in [-0.2, -0.15) is 0 Å². The number of hydrogen-bond donors (Lipinski definition) is 3. The van der Waals surface area contributed by atoms with Gasteiger partial charge < -0.3 is 16.0 Å². The first-order chi connectivity index (χ1) is 11.3. The molecule has 138 valence electrons. The summed E-state index contributed by atoms with van der Waals surface area (Å²) in [6, 6.07) is 1.46. The number of carbonyl (C=O) groups excluding carboxylic acids is 2. The minimum Gasteiger partial charge on any atom is -0.345 e. The molecule has 2 aliphatic carbocycles. The van der Waals surface area contributed by atoms with E-state index in [-0.39, 0.29) is 29.2 Å². The van der Waals surface area contributed by atoms with Crippen LogP contribution in [0, 0.1) is 5.41 Å². The van der Waals surface area contributed by atoms with Crippen molar-refractivity contribution in [3.63, 3.8) is 0 Å². The Bertz CT molecular complexity index is 748. The first kappa shape index (κ1) is 19.7. The number of nitrogens with one attached hydrogen (secondary N) is 2. The first-order valence-electron chi connectivity index (χ1n) is 8.57. The SMILES string of the molecule is CC1(C)CC(=O)c2cc(C(=O)NC3(CN)CCCC3)c(=O)[nH]c2C1.Cl. The van der Waals surface area contributed by atoms with E-state index in [2.05, 4.69) is 10.3 Å². The third kappa shape index (κ3) is 3.80. The molecule has 0 aromatic carbocycles. The molecule has 6 nitrogen and oxygen atoms in total. The van der Waals surface area contributed by atoms with Crippen LogP contribution >= 0.6 is 12.4 Å². The van der Waals surface area contributed by atoms with Crippen LogP contribution < -0.4 is 16.6 Å². The zero-order valence-corrected chi connectivity index (χ0v) is 15.6. The van der Waals surface area contributed by atoms with Crippen molar-refractivity contribution < 1.29 is 9.59 Å². The van der Waals surface area contributed by atoms with Crippen molar-refractivity contribution in [3.05, 3.63) is 33.2 Å². The topological polar surface area (TPSA) is 105 Å². The Kier molecular flexibility index (Phi) is 5.44. The van der Waals surface area contributed by atoms with Gasteiger partial charge >= 0.3 is 0 Å². The van der Waals surface area contributed by atoms with Gasteiger partial charge in [-0.3, -0.25) is 14.4 Å². The molecule has 0 saturated heterocycles. The van der Waals surface area contributed by atoms with Crippen LogP contribution in [0.1, 0.15) is 72.4 Å². The molecule has 7 heteroatoms. The quantitative estimate of drug-likeness (QED) is 0.759. The molecular weight excluding hydrogens is 342 g/mol. The molecule has 1 heterocycles. The summed E-state index contributed by atoms with van der Waals surface area (Å²) in [6.07, 6.45) is 4.73. The predicted molar refractivity (Wildman–Crippen MR) is 98.5 cm³/mol. The summed E-state index contributed by atoms with van der Waals surface area (Å²) in [4.78, 5) is 40.1. The van der Waals surface area contributed by atoms with E-state index < -0.39 is 17.0 Å². The number of carbonyl (C=O) groups is 2. The second-order valence-corrected chi connectivity index (χ2v) is 7.99. The number of ketones is 1. The van der Waals surface area contributed by atoms with Gasteiger partial charge in [-0.15, -0.1) is 12.4 Å². The third-order valence-electron chi connectivity index (χ3n) is 5.29. The lowest BCUT2D eigenvalue weighted by Crippen LogP contribution is -2.52. The summed E-state index contributed by atoms with van der Waals surface area (Å²) in [5.41, 5.74) is 5.90. The van der Waals surface area contributed by atoms with Crippen LogP contribution in [0.3, 0.4) is 0 Å². The number of rotatable bonds is 3. The fraction of sp³-hybridized carbons (Fsp3) is 0.611. The number of aromatic nitrogens is 1. The molecule has 1 amide bonds. The number of amides is 1. The van der Waals surface area contributed by atoms with E-state index in [1.165, 1.54) is 6.07 Å². The van der Waals surface area contributed by atoms with E-state index in [4.69, 9.17) is 5.73 Å². The Morgan fingerprint density at radius 1 is 1.24 bits per heavy atom. The lowest BCUT2D eigenvalue weighted by atomic mass is 9.75. The number of hydrogen-bond acceptors (Lipinski definition) is 4. The Morgan fingerprint density at radius 2 is 1.88 bits per heavy atom. The van der Waals surface area contributed by atoms with Gasteiger partial charge in [0.05, 0.1) is 5.54 Å². The highest BCUT2D eigenvalue weighted by molar-refractivity contribution is 6.02. The van der Waals surface area contributed by atoms with Gasteiger partial charge in [-0.1, -0.05) is 26.7 Å². The molecule has 1 saturated carbocycles. The minimum absolute atomic E-state index is 0. The highest BCUT2D eigenvalue weighted by atomic mass is 35.5. The van der Waals surface area contributed by atoms with Crippen molar-refractivity contribution in [2.45, 2.75) is 57.9 Å². The molecule has 0 bridgehead atoms. The van der Waals surface area contributed by atoms with E-state index in [1.807, 2.05) is 13.8 Å². The summed E-state index contributed by atoms with van der Waals surface area (Å²) in [5, 5.41) is 2.94. The van der Waals surface area contributed by atoms with Gasteiger partial charge in [0.1, 0.15) is 5.56 Å². The maximum atomic E-state index is 12.6. The van der Waals surface area contributed by atoms with E-state index >= 15 is 0 Å². The Morgan fingerprint density at radius 3 is 2.48 bits per heavy atom. The summed E-state index contributed by atoms with van der Waals surface area (Å²) in [5.74, 6) is -0.468. The zero-order valence-electron chi connectivity index (χ0n) is 14.7. The average Bonchev–Trinajstić information content (AvgIpc) is 2.94. The number of halogens is 1. The van der Waals surface area contributed by atoms with Gasteiger partial charge in [-0.05, 0) is 30.7 Å². The Hall–Kier alpha value is -1.66. The molecule has 1 fully saturated rings. The molecule has 3 rings (SSSR count). The average molecular weight is 368 g/mol. The van der Waals surface area contributed by atoms with Crippen molar-refractivity contribution >= 4 is 24.1 Å². The number of fused-ring (bicyclic) bond motifs is 1. The van der Waals surface area contributed by atoms with Gasteiger partial charge in [0.15, 0.2) is 5.78 Å². The van der Waals surface area contributed by atoms with Crippen LogP contribution in [0.25, 0.3) is 0 Å². The molecule has 0 spiro atoms. The smallest absolute Gasteiger partial charge is 0.261 e. The molecule has 2 aliphatic rings. The molecule has 1 aromatic heterocycles. The molecule has 0 atom stereocenters. The largest absolute Gasteiger partial charge is 0.345 e. The molecule has 25 heavy (non-hydrogen) atoms. The van der Waals surface area contributed by atoms with E-state index in [0.29, 0.717) is 30.6 Å². The predicted octanol–water partition coefficient (Wildman–Crippen LogP) is 1.95. The maximum Gasteiger partial charge on any atom is 0.261 e. The zero-order chi connectivity index (χ0) is 17.5. The van der Waals surface area contributed by atoms with Crippen molar-refractivity contribution in [3.8, 4) is 0 Å². The van der Waals surface area contributed by atoms with Gasteiger partial charge in [-0.25, -0.2) is 0 Å². The number of aromatic amines is 1. The summed E-state index contributed by atoms with van der Waals surface area (Å²) in [7, 11) is 0. The van der Waals surface area contributed by atoms with Crippen LogP contribution in [0.2, 0.25) is 0 Å². The van der Waals surface area contributed by atoms with Crippen molar-refractivity contribution in [2.75, 3.05) is 6.54 Å². The fourth-order valence-corrected chi connectivity index (χ4v) is 3.94. The lowest BCUT2D eigenvalue weighted by molar-refractivity contribution is 0.0901. The second kappa shape index (κ2) is 6.92. The van der Waals surface area contributed by atoms with Crippen LogP contribution in [-0.4, -0.2) is 28.8 Å². The monoisotopic (exact) mass is 367 g/mol. The number of H-pyrrole nitrogens is 1.